The van der Waals surface area contributed by atoms with E-state index in [1.807, 2.05) is 36.4 Å². The number of benzene rings is 2. The fourth-order valence-corrected chi connectivity index (χ4v) is 3.85. The molecule has 0 radical (unpaired) electrons. The van der Waals surface area contributed by atoms with Crippen LogP contribution in [0.4, 0.5) is 11.4 Å². The Balaban J connectivity index is 1.66. The average molecular weight is 346 g/mol. The molecule has 5 rings (SSSR count). The van der Waals surface area contributed by atoms with Gasteiger partial charge in [-0.05, 0) is 30.5 Å². The molecular formula is C19H18N6O. The lowest BCUT2D eigenvalue weighted by Gasteiger charge is -2.35. The molecule has 7 heteroatoms. The van der Waals surface area contributed by atoms with Gasteiger partial charge in [0.15, 0.2) is 5.96 Å². The minimum absolute atomic E-state index is 0.185. The van der Waals surface area contributed by atoms with Gasteiger partial charge < -0.3 is 16.0 Å². The topological polar surface area (TPSA) is 95.1 Å². The number of hydrogen-bond donors (Lipinski definition) is 3. The molecule has 1 atom stereocenters. The molecule has 1 unspecified atom stereocenters. The fourth-order valence-electron chi connectivity index (χ4n) is 3.85. The lowest BCUT2D eigenvalue weighted by atomic mass is 10.0. The molecule has 3 aliphatic rings. The van der Waals surface area contributed by atoms with Crippen molar-refractivity contribution in [3.8, 4) is 0 Å². The Hall–Kier alpha value is -3.35. The molecule has 0 saturated heterocycles. The maximum Gasteiger partial charge on any atom is 0.280 e. The van der Waals surface area contributed by atoms with Gasteiger partial charge >= 0.3 is 0 Å². The first-order valence-corrected chi connectivity index (χ1v) is 8.66. The maximum atomic E-state index is 12.8. The summed E-state index contributed by atoms with van der Waals surface area (Å²) in [6, 6.07) is 15.7. The number of aryl methyl sites for hydroxylation is 1. The number of fused-ring (bicyclic) bond motifs is 3. The van der Waals surface area contributed by atoms with Crippen LogP contribution in [0, 0.1) is 0 Å². The number of nitrogens with two attached hydrogens (primary N) is 1. The number of nitrogens with zero attached hydrogens (tertiary/aromatic N) is 3. The van der Waals surface area contributed by atoms with Crippen molar-refractivity contribution in [3.05, 3.63) is 59.7 Å². The number of carbonyl (C=O) groups excluding carboxylic acids is 1. The quantitative estimate of drug-likeness (QED) is 0.674. The van der Waals surface area contributed by atoms with Crippen LogP contribution in [-0.4, -0.2) is 24.4 Å². The monoisotopic (exact) mass is 346 g/mol. The number of nitrogens with one attached hydrogen (secondary N) is 2. The highest BCUT2D eigenvalue weighted by Crippen LogP contribution is 2.41. The van der Waals surface area contributed by atoms with Gasteiger partial charge in [0.2, 0.25) is 5.96 Å². The van der Waals surface area contributed by atoms with E-state index < -0.39 is 5.66 Å². The molecule has 2 aromatic carbocycles. The highest BCUT2D eigenvalue weighted by Gasteiger charge is 2.49. The van der Waals surface area contributed by atoms with Crippen molar-refractivity contribution in [1.82, 2.24) is 5.32 Å². The predicted molar refractivity (Wildman–Crippen MR) is 101 cm³/mol. The maximum absolute atomic E-state index is 12.8. The first-order chi connectivity index (χ1) is 12.7. The number of guanidine groups is 2. The molecule has 2 aromatic rings. The van der Waals surface area contributed by atoms with Gasteiger partial charge in [-0.25, -0.2) is 9.98 Å². The smallest absolute Gasteiger partial charge is 0.280 e. The summed E-state index contributed by atoms with van der Waals surface area (Å²) in [5.41, 5.74) is 8.49. The third kappa shape index (κ3) is 2.03. The lowest BCUT2D eigenvalue weighted by Crippen LogP contribution is -2.54. The Labute approximate surface area is 150 Å². The number of amides is 1. The molecular weight excluding hydrogens is 328 g/mol. The van der Waals surface area contributed by atoms with Crippen molar-refractivity contribution in [2.75, 3.05) is 16.8 Å². The van der Waals surface area contributed by atoms with Gasteiger partial charge in [-0.3, -0.25) is 10.1 Å². The SMILES string of the molecule is NC1=NC2(N=C(N3CCCc4ccccc43)N1)C(=O)Nc1ccccc12. The van der Waals surface area contributed by atoms with E-state index in [0.717, 1.165) is 36.3 Å². The first kappa shape index (κ1) is 14.9. The van der Waals surface area contributed by atoms with Crippen LogP contribution in [0.5, 0.6) is 0 Å². The van der Waals surface area contributed by atoms with E-state index in [9.17, 15) is 4.79 Å². The summed E-state index contributed by atoms with van der Waals surface area (Å²) in [6.45, 7) is 0.801. The second-order valence-electron chi connectivity index (χ2n) is 6.61. The van der Waals surface area contributed by atoms with Crippen molar-refractivity contribution < 1.29 is 4.79 Å². The predicted octanol–water partition coefficient (Wildman–Crippen LogP) is 1.52. The second kappa shape index (κ2) is 5.32. The lowest BCUT2D eigenvalue weighted by molar-refractivity contribution is -0.120. The summed E-state index contributed by atoms with van der Waals surface area (Å²) in [6.07, 6.45) is 2.03. The second-order valence-corrected chi connectivity index (χ2v) is 6.61. The number of para-hydroxylation sites is 2. The minimum Gasteiger partial charge on any atom is -0.370 e. The van der Waals surface area contributed by atoms with Crippen LogP contribution in [0.3, 0.4) is 0 Å². The van der Waals surface area contributed by atoms with Crippen LogP contribution >= 0.6 is 0 Å². The highest BCUT2D eigenvalue weighted by atomic mass is 16.2. The zero-order valence-electron chi connectivity index (χ0n) is 14.1. The minimum atomic E-state index is -1.37. The number of hydrogen-bond acceptors (Lipinski definition) is 6. The summed E-state index contributed by atoms with van der Waals surface area (Å²) in [5.74, 6) is 0.451. The molecule has 130 valence electrons. The summed E-state index contributed by atoms with van der Waals surface area (Å²) < 4.78 is 0. The molecule has 4 N–H and O–H groups in total. The largest absolute Gasteiger partial charge is 0.370 e. The van der Waals surface area contributed by atoms with Gasteiger partial charge in [0.25, 0.3) is 11.6 Å². The molecule has 3 aliphatic heterocycles. The summed E-state index contributed by atoms with van der Waals surface area (Å²) in [4.78, 5) is 24.0. The molecule has 1 spiro atoms. The molecule has 0 aromatic heterocycles. The van der Waals surface area contributed by atoms with Gasteiger partial charge in [0.1, 0.15) is 0 Å². The molecule has 0 aliphatic carbocycles. The molecule has 0 bridgehead atoms. The molecule has 0 fully saturated rings. The number of anilines is 2. The number of aliphatic imine (C=N–C) groups is 2. The third-order valence-electron chi connectivity index (χ3n) is 5.02. The molecule has 3 heterocycles. The van der Waals surface area contributed by atoms with Crippen LogP contribution in [-0.2, 0) is 16.9 Å². The van der Waals surface area contributed by atoms with E-state index in [2.05, 4.69) is 32.7 Å². The number of carbonyl (C=O) groups is 1. The molecule has 7 nitrogen and oxygen atoms in total. The van der Waals surface area contributed by atoms with Crippen molar-refractivity contribution in [2.24, 2.45) is 15.7 Å². The Kier molecular flexibility index (Phi) is 3.06. The van der Waals surface area contributed by atoms with Crippen molar-refractivity contribution in [2.45, 2.75) is 18.5 Å². The fraction of sp³-hybridized carbons (Fsp3) is 0.211. The average Bonchev–Trinajstić information content (AvgIpc) is 2.92. The Morgan fingerprint density at radius 2 is 1.85 bits per heavy atom. The van der Waals surface area contributed by atoms with Crippen LogP contribution in [0.2, 0.25) is 0 Å². The summed E-state index contributed by atoms with van der Waals surface area (Å²) >= 11 is 0. The standard InChI is InChI=1S/C19H18N6O/c20-17-22-18(25-11-5-7-12-6-1-4-10-15(12)25)24-19(23-17)13-8-2-3-9-14(13)21-16(19)26/h1-4,6,8-10H,5,7,11H2,(H,21,26)(H3,20,22,23,24). The zero-order valence-corrected chi connectivity index (χ0v) is 14.1. The number of rotatable bonds is 0. The van der Waals surface area contributed by atoms with Gasteiger partial charge in [0, 0.05) is 23.5 Å². The van der Waals surface area contributed by atoms with Crippen LogP contribution in [0.1, 0.15) is 17.5 Å². The van der Waals surface area contributed by atoms with Gasteiger partial charge in [-0.2, -0.15) is 0 Å². The van der Waals surface area contributed by atoms with Crippen molar-refractivity contribution >= 4 is 29.2 Å². The molecule has 1 amide bonds. The van der Waals surface area contributed by atoms with E-state index in [0.29, 0.717) is 5.96 Å². The summed E-state index contributed by atoms with van der Waals surface area (Å²) in [7, 11) is 0. The van der Waals surface area contributed by atoms with E-state index in [4.69, 9.17) is 10.7 Å². The van der Waals surface area contributed by atoms with Crippen LogP contribution in [0.15, 0.2) is 58.5 Å². The van der Waals surface area contributed by atoms with E-state index in [-0.39, 0.29) is 11.9 Å². The van der Waals surface area contributed by atoms with E-state index >= 15 is 0 Å². The normalized spacial score (nSPS) is 23.5. The van der Waals surface area contributed by atoms with E-state index in [1.165, 1.54) is 5.56 Å². The van der Waals surface area contributed by atoms with Gasteiger partial charge in [0.05, 0.1) is 0 Å². The summed E-state index contributed by atoms with van der Waals surface area (Å²) in [5, 5.41) is 5.92. The highest BCUT2D eigenvalue weighted by molar-refractivity contribution is 6.14. The molecule has 26 heavy (non-hydrogen) atoms. The Morgan fingerprint density at radius 3 is 2.77 bits per heavy atom. The third-order valence-corrected chi connectivity index (χ3v) is 5.02. The molecule has 0 saturated carbocycles. The van der Waals surface area contributed by atoms with Crippen molar-refractivity contribution in [1.29, 1.82) is 0 Å². The van der Waals surface area contributed by atoms with Gasteiger partial charge in [-0.15, -0.1) is 0 Å². The first-order valence-electron chi connectivity index (χ1n) is 8.66. The van der Waals surface area contributed by atoms with Crippen LogP contribution in [0.25, 0.3) is 0 Å². The zero-order chi connectivity index (χ0) is 17.7. The van der Waals surface area contributed by atoms with E-state index in [1.54, 1.807) is 0 Å². The Morgan fingerprint density at radius 1 is 1.04 bits per heavy atom. The van der Waals surface area contributed by atoms with Crippen LogP contribution < -0.4 is 21.3 Å². The van der Waals surface area contributed by atoms with Gasteiger partial charge in [-0.1, -0.05) is 36.4 Å². The van der Waals surface area contributed by atoms with Crippen molar-refractivity contribution in [3.63, 3.8) is 0 Å². The Bertz CT molecular complexity index is 981.